The van der Waals surface area contributed by atoms with Gasteiger partial charge < -0.3 is 5.73 Å². The van der Waals surface area contributed by atoms with Crippen molar-refractivity contribution in [2.24, 2.45) is 11.1 Å². The lowest BCUT2D eigenvalue weighted by atomic mass is 9.85. The second-order valence-corrected chi connectivity index (χ2v) is 3.75. The minimum absolute atomic E-state index is 0.259. The van der Waals surface area contributed by atoms with Crippen molar-refractivity contribution in [3.05, 3.63) is 12.2 Å². The Bertz CT molecular complexity index is 108. The Labute approximate surface area is 64.3 Å². The van der Waals surface area contributed by atoms with E-state index in [1.165, 1.54) is 5.57 Å². The summed E-state index contributed by atoms with van der Waals surface area (Å²) in [4.78, 5) is 0. The number of hydrogen-bond donors (Lipinski definition) is 1. The van der Waals surface area contributed by atoms with E-state index >= 15 is 0 Å². The van der Waals surface area contributed by atoms with Crippen molar-refractivity contribution in [2.75, 3.05) is 6.54 Å². The lowest BCUT2D eigenvalue weighted by molar-refractivity contribution is 0.480. The van der Waals surface area contributed by atoms with Gasteiger partial charge in [-0.1, -0.05) is 32.9 Å². The Kier molecular flexibility index (Phi) is 3.66. The molecule has 60 valence electrons. The first-order chi connectivity index (χ1) is 4.48. The van der Waals surface area contributed by atoms with Crippen molar-refractivity contribution < 1.29 is 0 Å². The molecule has 0 amide bonds. The van der Waals surface area contributed by atoms with Crippen molar-refractivity contribution >= 4 is 0 Å². The molecular formula is C9H19N. The first kappa shape index (κ1) is 9.70. The summed E-state index contributed by atoms with van der Waals surface area (Å²) in [7, 11) is 0. The fourth-order valence-corrected chi connectivity index (χ4v) is 0.690. The van der Waals surface area contributed by atoms with Crippen LogP contribution < -0.4 is 5.73 Å². The molecule has 0 saturated carbocycles. The Morgan fingerprint density at radius 2 is 1.90 bits per heavy atom. The summed E-state index contributed by atoms with van der Waals surface area (Å²) in [6, 6.07) is 0. The summed E-state index contributed by atoms with van der Waals surface area (Å²) in [6.45, 7) is 11.3. The van der Waals surface area contributed by atoms with Crippen LogP contribution in [0.2, 0.25) is 0 Å². The standard InChI is InChI=1S/C9H19N/c1-8(6-5-7-10)9(2,3)4/h1,5-7,10H2,2-4H3. The maximum atomic E-state index is 5.38. The maximum Gasteiger partial charge on any atom is -0.00742 e. The van der Waals surface area contributed by atoms with Crippen LogP contribution >= 0.6 is 0 Å². The average molecular weight is 141 g/mol. The molecule has 0 aromatic heterocycles. The third-order valence-electron chi connectivity index (χ3n) is 1.74. The van der Waals surface area contributed by atoms with Crippen LogP contribution in [0.1, 0.15) is 33.6 Å². The van der Waals surface area contributed by atoms with Crippen LogP contribution in [0.5, 0.6) is 0 Å². The molecule has 0 aliphatic rings. The fraction of sp³-hybridized carbons (Fsp3) is 0.778. The van der Waals surface area contributed by atoms with Gasteiger partial charge in [-0.05, 0) is 24.8 Å². The van der Waals surface area contributed by atoms with Crippen molar-refractivity contribution in [3.8, 4) is 0 Å². The molecule has 1 nitrogen and oxygen atoms in total. The highest BCUT2D eigenvalue weighted by atomic mass is 14.5. The minimum Gasteiger partial charge on any atom is -0.330 e. The number of nitrogens with two attached hydrogens (primary N) is 1. The molecule has 0 rings (SSSR count). The first-order valence-electron chi connectivity index (χ1n) is 3.87. The molecule has 0 bridgehead atoms. The van der Waals surface area contributed by atoms with Crippen LogP contribution in [0.4, 0.5) is 0 Å². The van der Waals surface area contributed by atoms with Gasteiger partial charge in [0.2, 0.25) is 0 Å². The molecule has 0 radical (unpaired) electrons. The van der Waals surface area contributed by atoms with Gasteiger partial charge in [0.15, 0.2) is 0 Å². The molecule has 0 aromatic rings. The monoisotopic (exact) mass is 141 g/mol. The van der Waals surface area contributed by atoms with Crippen LogP contribution in [0, 0.1) is 5.41 Å². The summed E-state index contributed by atoms with van der Waals surface area (Å²) in [5, 5.41) is 0. The van der Waals surface area contributed by atoms with Crippen LogP contribution in [0.3, 0.4) is 0 Å². The lowest BCUT2D eigenvalue weighted by Crippen LogP contribution is -2.10. The first-order valence-corrected chi connectivity index (χ1v) is 3.87. The Balaban J connectivity index is 3.64. The minimum atomic E-state index is 0.259. The third-order valence-corrected chi connectivity index (χ3v) is 1.74. The third kappa shape index (κ3) is 3.67. The van der Waals surface area contributed by atoms with E-state index in [0.717, 1.165) is 19.4 Å². The zero-order chi connectivity index (χ0) is 8.20. The SMILES string of the molecule is C=C(CCCN)C(C)(C)C. The molecular weight excluding hydrogens is 122 g/mol. The maximum absolute atomic E-state index is 5.38. The second-order valence-electron chi connectivity index (χ2n) is 3.75. The highest BCUT2D eigenvalue weighted by Gasteiger charge is 2.13. The highest BCUT2D eigenvalue weighted by Crippen LogP contribution is 2.26. The molecule has 1 heteroatoms. The largest absolute Gasteiger partial charge is 0.330 e. The fourth-order valence-electron chi connectivity index (χ4n) is 0.690. The van der Waals surface area contributed by atoms with Crippen molar-refractivity contribution in [2.45, 2.75) is 33.6 Å². The Morgan fingerprint density at radius 1 is 1.40 bits per heavy atom. The Morgan fingerprint density at radius 3 is 2.20 bits per heavy atom. The van der Waals surface area contributed by atoms with Gasteiger partial charge >= 0.3 is 0 Å². The quantitative estimate of drug-likeness (QED) is 0.600. The Hall–Kier alpha value is -0.300. The van der Waals surface area contributed by atoms with E-state index in [2.05, 4.69) is 27.4 Å². The van der Waals surface area contributed by atoms with Crippen LogP contribution in [0.15, 0.2) is 12.2 Å². The molecule has 0 fully saturated rings. The number of allylic oxidation sites excluding steroid dienone is 1. The average Bonchev–Trinajstić information content (AvgIpc) is 1.80. The summed E-state index contributed by atoms with van der Waals surface area (Å²) in [5.41, 5.74) is 6.94. The van der Waals surface area contributed by atoms with Crippen molar-refractivity contribution in [1.82, 2.24) is 0 Å². The van der Waals surface area contributed by atoms with E-state index in [-0.39, 0.29) is 5.41 Å². The molecule has 0 aliphatic heterocycles. The highest BCUT2D eigenvalue weighted by molar-refractivity contribution is 5.04. The molecule has 10 heavy (non-hydrogen) atoms. The van der Waals surface area contributed by atoms with Crippen LogP contribution in [-0.2, 0) is 0 Å². The molecule has 0 heterocycles. The topological polar surface area (TPSA) is 26.0 Å². The predicted molar refractivity (Wildman–Crippen MR) is 46.9 cm³/mol. The molecule has 0 saturated heterocycles. The van der Waals surface area contributed by atoms with Crippen LogP contribution in [0.25, 0.3) is 0 Å². The molecule has 2 N–H and O–H groups in total. The molecule has 0 spiro atoms. The van der Waals surface area contributed by atoms with Gasteiger partial charge in [-0.3, -0.25) is 0 Å². The van der Waals surface area contributed by atoms with E-state index in [1.54, 1.807) is 0 Å². The van der Waals surface area contributed by atoms with Gasteiger partial charge in [-0.15, -0.1) is 0 Å². The van der Waals surface area contributed by atoms with Gasteiger partial charge in [0.05, 0.1) is 0 Å². The lowest BCUT2D eigenvalue weighted by Gasteiger charge is -2.21. The van der Waals surface area contributed by atoms with Crippen molar-refractivity contribution in [1.29, 1.82) is 0 Å². The van der Waals surface area contributed by atoms with Gasteiger partial charge in [-0.2, -0.15) is 0 Å². The summed E-state index contributed by atoms with van der Waals surface area (Å²) < 4.78 is 0. The van der Waals surface area contributed by atoms with E-state index < -0.39 is 0 Å². The molecule has 0 aliphatic carbocycles. The molecule has 0 atom stereocenters. The normalized spacial score (nSPS) is 11.6. The van der Waals surface area contributed by atoms with E-state index in [1.807, 2.05) is 0 Å². The van der Waals surface area contributed by atoms with E-state index in [4.69, 9.17) is 5.73 Å². The summed E-state index contributed by atoms with van der Waals surface area (Å²) in [5.74, 6) is 0. The molecule has 0 unspecified atom stereocenters. The van der Waals surface area contributed by atoms with Gasteiger partial charge in [0.1, 0.15) is 0 Å². The van der Waals surface area contributed by atoms with Gasteiger partial charge in [0, 0.05) is 0 Å². The van der Waals surface area contributed by atoms with Crippen LogP contribution in [-0.4, -0.2) is 6.54 Å². The predicted octanol–water partition coefficient (Wildman–Crippen LogP) is 2.33. The summed E-state index contributed by atoms with van der Waals surface area (Å²) >= 11 is 0. The summed E-state index contributed by atoms with van der Waals surface area (Å²) in [6.07, 6.45) is 2.14. The van der Waals surface area contributed by atoms with E-state index in [0.29, 0.717) is 0 Å². The van der Waals surface area contributed by atoms with Gasteiger partial charge in [0.25, 0.3) is 0 Å². The van der Waals surface area contributed by atoms with E-state index in [9.17, 15) is 0 Å². The smallest absolute Gasteiger partial charge is 0.00742 e. The number of rotatable bonds is 3. The molecule has 0 aromatic carbocycles. The zero-order valence-electron chi connectivity index (χ0n) is 7.41. The van der Waals surface area contributed by atoms with Gasteiger partial charge in [-0.25, -0.2) is 0 Å². The number of hydrogen-bond acceptors (Lipinski definition) is 1. The zero-order valence-corrected chi connectivity index (χ0v) is 7.41. The van der Waals surface area contributed by atoms with Crippen molar-refractivity contribution in [3.63, 3.8) is 0 Å². The second kappa shape index (κ2) is 3.77.